The Bertz CT molecular complexity index is 1010. The van der Waals surface area contributed by atoms with E-state index in [1.165, 1.54) is 0 Å². The number of H-pyrrole nitrogens is 1. The fraction of sp³-hybridized carbons (Fsp3) is 0.417. The van der Waals surface area contributed by atoms with E-state index in [1.807, 2.05) is 36.4 Å². The molecule has 5 heteroatoms. The molecule has 1 fully saturated rings. The van der Waals surface area contributed by atoms with E-state index < -0.39 is 0 Å². The first-order chi connectivity index (χ1) is 14.0. The molecular weight excluding hydrogens is 362 g/mol. The van der Waals surface area contributed by atoms with Crippen LogP contribution >= 0.6 is 0 Å². The maximum Gasteiger partial charge on any atom is 0.167 e. The minimum atomic E-state index is 0.0481. The molecule has 0 spiro atoms. The molecule has 2 aromatic carbocycles. The molecule has 1 N–H and O–H groups in total. The van der Waals surface area contributed by atoms with Crippen molar-refractivity contribution < 1.29 is 9.53 Å². The molecule has 0 saturated carbocycles. The molecule has 1 saturated heterocycles. The van der Waals surface area contributed by atoms with E-state index in [1.54, 1.807) is 7.11 Å². The molecule has 152 valence electrons. The SMILES string of the molecule is COc1ccc2cc(C(=O)[C@H]3CCCN(Cc4cc(C(C)C)n[nH]4)C3)ccc2c1. The van der Waals surface area contributed by atoms with E-state index in [0.717, 1.165) is 65.9 Å². The molecule has 0 amide bonds. The van der Waals surface area contributed by atoms with Gasteiger partial charge in [0.1, 0.15) is 5.75 Å². The maximum absolute atomic E-state index is 13.2. The predicted molar refractivity (Wildman–Crippen MR) is 116 cm³/mol. The highest BCUT2D eigenvalue weighted by Gasteiger charge is 2.27. The van der Waals surface area contributed by atoms with E-state index in [4.69, 9.17) is 4.74 Å². The second kappa shape index (κ2) is 8.37. The number of rotatable bonds is 6. The molecule has 0 aliphatic carbocycles. The first-order valence-corrected chi connectivity index (χ1v) is 10.4. The second-order valence-electron chi connectivity index (χ2n) is 8.34. The number of carbonyl (C=O) groups is 1. The molecule has 5 nitrogen and oxygen atoms in total. The van der Waals surface area contributed by atoms with Crippen LogP contribution in [0.25, 0.3) is 10.8 Å². The van der Waals surface area contributed by atoms with Gasteiger partial charge in [0.05, 0.1) is 12.8 Å². The number of aromatic amines is 1. The molecule has 3 aromatic rings. The molecular formula is C24H29N3O2. The Hall–Kier alpha value is -2.66. The number of benzene rings is 2. The van der Waals surface area contributed by atoms with Gasteiger partial charge in [-0.3, -0.25) is 14.8 Å². The number of ether oxygens (including phenoxy) is 1. The lowest BCUT2D eigenvalue weighted by Crippen LogP contribution is -2.38. The number of methoxy groups -OCH3 is 1. The number of likely N-dealkylation sites (tertiary alicyclic amines) is 1. The highest BCUT2D eigenvalue weighted by molar-refractivity contribution is 6.01. The Morgan fingerprint density at radius 3 is 2.76 bits per heavy atom. The zero-order valence-corrected chi connectivity index (χ0v) is 17.4. The summed E-state index contributed by atoms with van der Waals surface area (Å²) in [6, 6.07) is 14.1. The van der Waals surface area contributed by atoms with E-state index in [9.17, 15) is 4.79 Å². The summed E-state index contributed by atoms with van der Waals surface area (Å²) in [4.78, 5) is 15.6. The highest BCUT2D eigenvalue weighted by Crippen LogP contribution is 2.26. The van der Waals surface area contributed by atoms with Crippen molar-refractivity contribution in [3.63, 3.8) is 0 Å². The first-order valence-electron chi connectivity index (χ1n) is 10.4. The van der Waals surface area contributed by atoms with Crippen molar-refractivity contribution in [3.8, 4) is 5.75 Å². The van der Waals surface area contributed by atoms with Crippen LogP contribution in [0.15, 0.2) is 42.5 Å². The van der Waals surface area contributed by atoms with Crippen LogP contribution in [0.4, 0.5) is 0 Å². The lowest BCUT2D eigenvalue weighted by atomic mass is 9.89. The molecule has 1 aliphatic heterocycles. The summed E-state index contributed by atoms with van der Waals surface area (Å²) in [7, 11) is 1.67. The first kappa shape index (κ1) is 19.6. The molecule has 0 radical (unpaired) electrons. The molecule has 4 rings (SSSR count). The summed E-state index contributed by atoms with van der Waals surface area (Å²) in [6.45, 7) is 6.94. The molecule has 1 atom stereocenters. The molecule has 1 aliphatic rings. The number of nitrogens with one attached hydrogen (secondary N) is 1. The summed E-state index contributed by atoms with van der Waals surface area (Å²) in [5.74, 6) is 1.55. The number of hydrogen-bond acceptors (Lipinski definition) is 4. The summed E-state index contributed by atoms with van der Waals surface area (Å²) in [6.07, 6.45) is 2.00. The van der Waals surface area contributed by atoms with Crippen molar-refractivity contribution in [3.05, 3.63) is 59.4 Å². The fourth-order valence-electron chi connectivity index (χ4n) is 4.15. The van der Waals surface area contributed by atoms with Crippen molar-refractivity contribution in [2.75, 3.05) is 20.2 Å². The average Bonchev–Trinajstić information content (AvgIpc) is 3.21. The molecule has 0 bridgehead atoms. The van der Waals surface area contributed by atoms with Gasteiger partial charge in [0, 0.05) is 30.3 Å². The zero-order valence-electron chi connectivity index (χ0n) is 17.4. The summed E-state index contributed by atoms with van der Waals surface area (Å²) >= 11 is 0. The molecule has 1 aromatic heterocycles. The Kier molecular flexibility index (Phi) is 5.67. The minimum Gasteiger partial charge on any atom is -0.497 e. The van der Waals surface area contributed by atoms with Crippen molar-refractivity contribution in [1.82, 2.24) is 15.1 Å². The Balaban J connectivity index is 1.45. The van der Waals surface area contributed by atoms with Crippen molar-refractivity contribution >= 4 is 16.6 Å². The van der Waals surface area contributed by atoms with Gasteiger partial charge < -0.3 is 4.74 Å². The van der Waals surface area contributed by atoms with Gasteiger partial charge in [-0.05, 0) is 60.3 Å². The van der Waals surface area contributed by atoms with E-state index in [2.05, 4.69) is 35.0 Å². The highest BCUT2D eigenvalue weighted by atomic mass is 16.5. The van der Waals surface area contributed by atoms with Gasteiger partial charge in [0.2, 0.25) is 0 Å². The molecule has 0 unspecified atom stereocenters. The van der Waals surface area contributed by atoms with E-state index in [-0.39, 0.29) is 11.7 Å². The van der Waals surface area contributed by atoms with Crippen molar-refractivity contribution in [2.24, 2.45) is 5.92 Å². The zero-order chi connectivity index (χ0) is 20.4. The van der Waals surface area contributed by atoms with Gasteiger partial charge in [-0.15, -0.1) is 0 Å². The summed E-state index contributed by atoms with van der Waals surface area (Å²) < 4.78 is 5.29. The Morgan fingerprint density at radius 2 is 2.00 bits per heavy atom. The Morgan fingerprint density at radius 1 is 1.21 bits per heavy atom. The number of fused-ring (bicyclic) bond motifs is 1. The number of hydrogen-bond donors (Lipinski definition) is 1. The standard InChI is InChI=1S/C24H29N3O2/c1-16(2)23-13-21(25-26-23)15-27-10-4-5-20(14-27)24(28)19-7-6-18-12-22(29-3)9-8-17(18)11-19/h6-9,11-13,16,20H,4-5,10,14-15H2,1-3H3,(H,25,26)/t20-/m0/s1. The third-order valence-corrected chi connectivity index (χ3v) is 5.84. The quantitative estimate of drug-likeness (QED) is 0.614. The summed E-state index contributed by atoms with van der Waals surface area (Å²) in [5.41, 5.74) is 3.03. The maximum atomic E-state index is 13.2. The van der Waals surface area contributed by atoms with Gasteiger partial charge in [-0.2, -0.15) is 5.10 Å². The lowest BCUT2D eigenvalue weighted by Gasteiger charge is -2.31. The summed E-state index contributed by atoms with van der Waals surface area (Å²) in [5, 5.41) is 9.71. The number of aromatic nitrogens is 2. The number of piperidine rings is 1. The van der Waals surface area contributed by atoms with Gasteiger partial charge in [-0.1, -0.05) is 32.0 Å². The number of nitrogens with zero attached hydrogens (tertiary/aromatic N) is 2. The molecule has 2 heterocycles. The van der Waals surface area contributed by atoms with E-state index >= 15 is 0 Å². The monoisotopic (exact) mass is 391 g/mol. The van der Waals surface area contributed by atoms with Crippen LogP contribution in [0.3, 0.4) is 0 Å². The molecule has 29 heavy (non-hydrogen) atoms. The van der Waals surface area contributed by atoms with Crippen molar-refractivity contribution in [1.29, 1.82) is 0 Å². The van der Waals surface area contributed by atoms with Gasteiger partial charge in [0.25, 0.3) is 0 Å². The fourth-order valence-corrected chi connectivity index (χ4v) is 4.15. The second-order valence-corrected chi connectivity index (χ2v) is 8.34. The van der Waals surface area contributed by atoms with Crippen LogP contribution in [-0.4, -0.2) is 41.1 Å². The lowest BCUT2D eigenvalue weighted by molar-refractivity contribution is 0.0810. The average molecular weight is 392 g/mol. The van der Waals surface area contributed by atoms with E-state index in [0.29, 0.717) is 5.92 Å². The van der Waals surface area contributed by atoms with Crippen LogP contribution in [-0.2, 0) is 6.54 Å². The van der Waals surface area contributed by atoms with Crippen molar-refractivity contribution in [2.45, 2.75) is 39.2 Å². The number of ketones is 1. The predicted octanol–water partition coefficient (Wildman–Crippen LogP) is 4.79. The Labute approximate surface area is 172 Å². The smallest absolute Gasteiger partial charge is 0.167 e. The number of carbonyl (C=O) groups excluding carboxylic acids is 1. The topological polar surface area (TPSA) is 58.2 Å². The third-order valence-electron chi connectivity index (χ3n) is 5.84. The normalized spacial score (nSPS) is 17.7. The van der Waals surface area contributed by atoms with Crippen LogP contribution in [0.2, 0.25) is 0 Å². The number of Topliss-reactive ketones (excluding diaryl/α,β-unsaturated/α-hetero) is 1. The minimum absolute atomic E-state index is 0.0481. The van der Waals surface area contributed by atoms with Gasteiger partial charge in [0.15, 0.2) is 5.78 Å². The van der Waals surface area contributed by atoms with Crippen LogP contribution < -0.4 is 4.74 Å². The van der Waals surface area contributed by atoms with Gasteiger partial charge >= 0.3 is 0 Å². The largest absolute Gasteiger partial charge is 0.497 e. The van der Waals surface area contributed by atoms with Crippen LogP contribution in [0, 0.1) is 5.92 Å². The van der Waals surface area contributed by atoms with Crippen LogP contribution in [0.5, 0.6) is 5.75 Å². The van der Waals surface area contributed by atoms with Crippen LogP contribution in [0.1, 0.15) is 54.4 Å². The van der Waals surface area contributed by atoms with Gasteiger partial charge in [-0.25, -0.2) is 0 Å². The third kappa shape index (κ3) is 4.35.